The molecule has 35 heavy (non-hydrogen) atoms. The summed E-state index contributed by atoms with van der Waals surface area (Å²) in [6.07, 6.45) is 1.48. The summed E-state index contributed by atoms with van der Waals surface area (Å²) in [6.45, 7) is -0.161. The number of hydrogen-bond acceptors (Lipinski definition) is 7. The molecule has 0 saturated carbocycles. The van der Waals surface area contributed by atoms with E-state index < -0.39 is 10.9 Å². The number of cyclic esters (lactones) is 1. The van der Waals surface area contributed by atoms with E-state index in [1.807, 2.05) is 6.07 Å². The number of rotatable bonds is 7. The number of hydrogen-bond donors (Lipinski definition) is 0. The maximum atomic E-state index is 12.4. The van der Waals surface area contributed by atoms with Crippen molar-refractivity contribution in [3.63, 3.8) is 0 Å². The second-order valence-corrected chi connectivity index (χ2v) is 9.26. The molecule has 1 aliphatic rings. The van der Waals surface area contributed by atoms with Crippen molar-refractivity contribution in [1.82, 2.24) is 0 Å². The molecule has 0 saturated heterocycles. The van der Waals surface area contributed by atoms with Gasteiger partial charge in [0.1, 0.15) is 5.75 Å². The highest BCUT2D eigenvalue weighted by Gasteiger charge is 2.27. The fraction of sp³-hybridized carbons (Fsp3) is 0.0417. The molecule has 0 atom stereocenters. The largest absolute Gasteiger partial charge is 0.483 e. The predicted octanol–water partition coefficient (Wildman–Crippen LogP) is 6.38. The Morgan fingerprint density at radius 3 is 2.46 bits per heavy atom. The Kier molecular flexibility index (Phi) is 7.44. The number of halogens is 3. The zero-order valence-electron chi connectivity index (χ0n) is 17.5. The number of non-ortho nitro benzene ring substituents is 1. The Labute approximate surface area is 220 Å². The van der Waals surface area contributed by atoms with Gasteiger partial charge in [-0.1, -0.05) is 41.9 Å². The number of nitrogens with zero attached hydrogens (tertiary/aromatic N) is 2. The van der Waals surface area contributed by atoms with Crippen molar-refractivity contribution in [3.8, 4) is 5.75 Å². The maximum Gasteiger partial charge on any atom is 0.363 e. The van der Waals surface area contributed by atoms with E-state index in [0.29, 0.717) is 25.8 Å². The SMILES string of the molecule is O=C1OC(c2cc([N+](=O)[O-])ccc2Cl)=N/C1=C\c1cc(Br)c(OCC(=O)c2ccccc2)c(Br)c1. The molecule has 0 radical (unpaired) electrons. The lowest BCUT2D eigenvalue weighted by Crippen LogP contribution is -2.12. The summed E-state index contributed by atoms with van der Waals surface area (Å²) in [7, 11) is 0. The first kappa shape index (κ1) is 24.8. The van der Waals surface area contributed by atoms with Crippen LogP contribution in [0.5, 0.6) is 5.75 Å². The van der Waals surface area contributed by atoms with Gasteiger partial charge in [0.05, 0.1) is 24.5 Å². The van der Waals surface area contributed by atoms with E-state index in [4.69, 9.17) is 21.1 Å². The summed E-state index contributed by atoms with van der Waals surface area (Å²) in [4.78, 5) is 39.3. The topological polar surface area (TPSA) is 108 Å². The first-order valence-corrected chi connectivity index (χ1v) is 11.9. The number of nitro benzene ring substituents is 1. The van der Waals surface area contributed by atoms with Crippen molar-refractivity contribution in [3.05, 3.63) is 107 Å². The van der Waals surface area contributed by atoms with Crippen LogP contribution in [0.15, 0.2) is 80.3 Å². The molecule has 0 bridgehead atoms. The molecule has 0 fully saturated rings. The van der Waals surface area contributed by atoms with E-state index in [1.165, 1.54) is 24.3 Å². The fourth-order valence-corrected chi connectivity index (χ4v) is 4.77. The lowest BCUT2D eigenvalue weighted by Gasteiger charge is -2.11. The summed E-state index contributed by atoms with van der Waals surface area (Å²) in [5.74, 6) is -0.625. The van der Waals surface area contributed by atoms with E-state index in [-0.39, 0.29) is 40.3 Å². The molecule has 1 aliphatic heterocycles. The minimum atomic E-state index is -0.733. The van der Waals surface area contributed by atoms with Crippen molar-refractivity contribution < 1.29 is 24.0 Å². The van der Waals surface area contributed by atoms with Gasteiger partial charge in [0.25, 0.3) is 5.69 Å². The normalized spacial score (nSPS) is 14.0. The highest BCUT2D eigenvalue weighted by molar-refractivity contribution is 9.11. The minimum Gasteiger partial charge on any atom is -0.483 e. The number of carbonyl (C=O) groups is 2. The molecule has 0 unspecified atom stereocenters. The molecular weight excluding hydrogens is 608 g/mol. The van der Waals surface area contributed by atoms with Gasteiger partial charge in [-0.15, -0.1) is 0 Å². The second kappa shape index (κ2) is 10.5. The molecule has 4 rings (SSSR count). The van der Waals surface area contributed by atoms with Crippen LogP contribution in [0.3, 0.4) is 0 Å². The van der Waals surface area contributed by atoms with E-state index in [0.717, 1.165) is 0 Å². The van der Waals surface area contributed by atoms with Gasteiger partial charge in [0, 0.05) is 17.7 Å². The summed E-state index contributed by atoms with van der Waals surface area (Å²) in [6, 6.07) is 15.9. The van der Waals surface area contributed by atoms with E-state index >= 15 is 0 Å². The highest BCUT2D eigenvalue weighted by atomic mass is 79.9. The van der Waals surface area contributed by atoms with Gasteiger partial charge in [0.15, 0.2) is 18.1 Å². The quantitative estimate of drug-likeness (QED) is 0.0998. The molecule has 0 aliphatic carbocycles. The molecule has 0 spiro atoms. The predicted molar refractivity (Wildman–Crippen MR) is 137 cm³/mol. The number of aliphatic imine (C=N–C) groups is 1. The standard InChI is InChI=1S/C24H13Br2ClN2O6/c25-17-8-13(9-18(26)22(17)34-12-21(30)14-4-2-1-3-5-14)10-20-24(31)35-23(28-20)16-11-15(29(32)33)6-7-19(16)27/h1-11H,12H2/b20-10-. The zero-order valence-corrected chi connectivity index (χ0v) is 21.5. The van der Waals surface area contributed by atoms with Gasteiger partial charge in [-0.3, -0.25) is 14.9 Å². The lowest BCUT2D eigenvalue weighted by atomic mass is 10.1. The van der Waals surface area contributed by atoms with Crippen molar-refractivity contribution in [2.45, 2.75) is 0 Å². The summed E-state index contributed by atoms with van der Waals surface area (Å²) in [5, 5.41) is 11.2. The molecule has 3 aromatic carbocycles. The van der Waals surface area contributed by atoms with E-state index in [1.54, 1.807) is 36.4 Å². The Bertz CT molecular complexity index is 1400. The molecule has 11 heteroatoms. The Morgan fingerprint density at radius 1 is 1.11 bits per heavy atom. The van der Waals surface area contributed by atoms with Crippen molar-refractivity contribution >= 4 is 72.9 Å². The third-order valence-electron chi connectivity index (χ3n) is 4.78. The van der Waals surface area contributed by atoms with Gasteiger partial charge in [-0.05, 0) is 61.7 Å². The van der Waals surface area contributed by atoms with Crippen LogP contribution in [-0.4, -0.2) is 29.2 Å². The molecule has 0 aromatic heterocycles. The van der Waals surface area contributed by atoms with Crippen LogP contribution < -0.4 is 4.74 Å². The number of nitro groups is 1. The van der Waals surface area contributed by atoms with Crippen molar-refractivity contribution in [2.75, 3.05) is 6.61 Å². The second-order valence-electron chi connectivity index (χ2n) is 7.15. The highest BCUT2D eigenvalue weighted by Crippen LogP contribution is 2.36. The average molecular weight is 621 g/mol. The summed E-state index contributed by atoms with van der Waals surface area (Å²) < 4.78 is 12.0. The van der Waals surface area contributed by atoms with Crippen LogP contribution in [-0.2, 0) is 9.53 Å². The van der Waals surface area contributed by atoms with Crippen LogP contribution >= 0.6 is 43.5 Å². The molecule has 1 heterocycles. The van der Waals surface area contributed by atoms with E-state index in [9.17, 15) is 19.7 Å². The van der Waals surface area contributed by atoms with E-state index in [2.05, 4.69) is 36.9 Å². The first-order chi connectivity index (χ1) is 16.7. The van der Waals surface area contributed by atoms with Crippen molar-refractivity contribution in [2.24, 2.45) is 4.99 Å². The Balaban J connectivity index is 1.56. The lowest BCUT2D eigenvalue weighted by molar-refractivity contribution is -0.384. The van der Waals surface area contributed by atoms with Gasteiger partial charge < -0.3 is 9.47 Å². The first-order valence-electron chi connectivity index (χ1n) is 9.90. The van der Waals surface area contributed by atoms with Crippen molar-refractivity contribution in [1.29, 1.82) is 0 Å². The fourth-order valence-electron chi connectivity index (χ4n) is 3.12. The van der Waals surface area contributed by atoms with Crippen LogP contribution in [0.4, 0.5) is 5.69 Å². The molecule has 176 valence electrons. The summed E-state index contributed by atoms with van der Waals surface area (Å²) in [5.41, 5.74) is 1.02. The van der Waals surface area contributed by atoms with Gasteiger partial charge in [0.2, 0.25) is 5.90 Å². The Hall–Kier alpha value is -3.34. The number of esters is 1. The Morgan fingerprint density at radius 2 is 1.80 bits per heavy atom. The molecule has 3 aromatic rings. The third-order valence-corrected chi connectivity index (χ3v) is 6.29. The monoisotopic (exact) mass is 618 g/mol. The zero-order chi connectivity index (χ0) is 25.1. The van der Waals surface area contributed by atoms with Crippen LogP contribution in [0.25, 0.3) is 6.08 Å². The number of Topliss-reactive ketones (excluding diaryl/α,β-unsaturated/α-hetero) is 1. The average Bonchev–Trinajstić information content (AvgIpc) is 3.18. The molecular formula is C24H13Br2ClN2O6. The van der Waals surface area contributed by atoms with Crippen LogP contribution in [0.2, 0.25) is 5.02 Å². The van der Waals surface area contributed by atoms with Gasteiger partial charge >= 0.3 is 5.97 Å². The third kappa shape index (κ3) is 5.67. The molecule has 8 nitrogen and oxygen atoms in total. The number of ketones is 1. The van der Waals surface area contributed by atoms with Crippen LogP contribution in [0.1, 0.15) is 21.5 Å². The minimum absolute atomic E-state index is 0.0192. The number of benzene rings is 3. The van der Waals surface area contributed by atoms with Crippen LogP contribution in [0, 0.1) is 10.1 Å². The van der Waals surface area contributed by atoms with Gasteiger partial charge in [-0.2, -0.15) is 0 Å². The molecule has 0 N–H and O–H groups in total. The smallest absolute Gasteiger partial charge is 0.363 e. The number of ether oxygens (including phenoxy) is 2. The number of carbonyl (C=O) groups excluding carboxylic acids is 2. The maximum absolute atomic E-state index is 12.4. The summed E-state index contributed by atoms with van der Waals surface area (Å²) >= 11 is 13.0. The van der Waals surface area contributed by atoms with Gasteiger partial charge in [-0.25, -0.2) is 9.79 Å². The molecule has 0 amide bonds.